The van der Waals surface area contributed by atoms with Crippen molar-refractivity contribution in [3.8, 4) is 5.75 Å². The number of para-hydroxylation sites is 1. The number of amides is 2. The van der Waals surface area contributed by atoms with Crippen molar-refractivity contribution < 1.29 is 23.9 Å². The SMILES string of the molecule is COc1ccccc1C(=O)NCC(=O)O[C@H](C)C(=O)NC(C)(C)C. The van der Waals surface area contributed by atoms with Gasteiger partial charge in [-0.1, -0.05) is 12.1 Å². The molecule has 0 saturated carbocycles. The van der Waals surface area contributed by atoms with Gasteiger partial charge in [-0.15, -0.1) is 0 Å². The number of rotatable bonds is 6. The summed E-state index contributed by atoms with van der Waals surface area (Å²) in [7, 11) is 1.45. The second-order valence-corrected chi connectivity index (χ2v) is 6.25. The first kappa shape index (κ1) is 19.5. The Bertz CT molecular complexity index is 607. The number of esters is 1. The van der Waals surface area contributed by atoms with E-state index in [-0.39, 0.29) is 6.54 Å². The van der Waals surface area contributed by atoms with E-state index in [2.05, 4.69) is 10.6 Å². The summed E-state index contributed by atoms with van der Waals surface area (Å²) in [5.74, 6) is -1.15. The molecule has 1 aromatic rings. The van der Waals surface area contributed by atoms with Gasteiger partial charge < -0.3 is 20.1 Å². The molecule has 0 aliphatic rings. The summed E-state index contributed by atoms with van der Waals surface area (Å²) in [5, 5.41) is 5.15. The highest BCUT2D eigenvalue weighted by atomic mass is 16.5. The number of benzene rings is 1. The normalized spacial score (nSPS) is 12.0. The molecule has 2 N–H and O–H groups in total. The van der Waals surface area contributed by atoms with E-state index in [1.807, 2.05) is 20.8 Å². The van der Waals surface area contributed by atoms with Crippen molar-refractivity contribution in [1.29, 1.82) is 0 Å². The topological polar surface area (TPSA) is 93.7 Å². The molecule has 2 amide bonds. The second-order valence-electron chi connectivity index (χ2n) is 6.25. The molecule has 0 unspecified atom stereocenters. The molecule has 0 aliphatic heterocycles. The predicted octanol–water partition coefficient (Wildman–Crippen LogP) is 1.27. The summed E-state index contributed by atoms with van der Waals surface area (Å²) in [6, 6.07) is 6.65. The van der Waals surface area contributed by atoms with Crippen LogP contribution in [0.25, 0.3) is 0 Å². The van der Waals surface area contributed by atoms with Crippen LogP contribution in [-0.4, -0.2) is 43.1 Å². The van der Waals surface area contributed by atoms with E-state index >= 15 is 0 Å². The third kappa shape index (κ3) is 6.28. The van der Waals surface area contributed by atoms with Crippen molar-refractivity contribution in [3.63, 3.8) is 0 Å². The van der Waals surface area contributed by atoms with Crippen LogP contribution in [0, 0.1) is 0 Å². The highest BCUT2D eigenvalue weighted by Gasteiger charge is 2.22. The number of hydrogen-bond acceptors (Lipinski definition) is 5. The van der Waals surface area contributed by atoms with Crippen molar-refractivity contribution >= 4 is 17.8 Å². The zero-order valence-electron chi connectivity index (χ0n) is 14.6. The summed E-state index contributed by atoms with van der Waals surface area (Å²) in [6.07, 6.45) is -0.945. The smallest absolute Gasteiger partial charge is 0.326 e. The lowest BCUT2D eigenvalue weighted by molar-refractivity contribution is -0.154. The molecule has 1 atom stereocenters. The minimum absolute atomic E-state index is 0.311. The van der Waals surface area contributed by atoms with Crippen LogP contribution >= 0.6 is 0 Å². The Morgan fingerprint density at radius 3 is 2.38 bits per heavy atom. The summed E-state index contributed by atoms with van der Waals surface area (Å²) in [6.45, 7) is 6.61. The van der Waals surface area contributed by atoms with Gasteiger partial charge in [0.2, 0.25) is 0 Å². The molecule has 0 radical (unpaired) electrons. The number of methoxy groups -OCH3 is 1. The maximum Gasteiger partial charge on any atom is 0.326 e. The number of nitrogens with one attached hydrogen (secondary N) is 2. The molecule has 132 valence electrons. The monoisotopic (exact) mass is 336 g/mol. The van der Waals surface area contributed by atoms with Gasteiger partial charge in [-0.25, -0.2) is 0 Å². The molecule has 0 bridgehead atoms. The largest absolute Gasteiger partial charge is 0.496 e. The first-order valence-electron chi connectivity index (χ1n) is 7.57. The zero-order chi connectivity index (χ0) is 18.3. The van der Waals surface area contributed by atoms with Crippen molar-refractivity contribution in [1.82, 2.24) is 10.6 Å². The van der Waals surface area contributed by atoms with Crippen LogP contribution in [0.2, 0.25) is 0 Å². The Morgan fingerprint density at radius 1 is 1.17 bits per heavy atom. The van der Waals surface area contributed by atoms with Crippen LogP contribution in [-0.2, 0) is 14.3 Å². The number of carbonyl (C=O) groups excluding carboxylic acids is 3. The molecule has 7 nitrogen and oxygen atoms in total. The van der Waals surface area contributed by atoms with Crippen LogP contribution in [0.15, 0.2) is 24.3 Å². The Kier molecular flexibility index (Phi) is 6.76. The summed E-state index contributed by atoms with van der Waals surface area (Å²) >= 11 is 0. The molecule has 0 aromatic heterocycles. The molecule has 7 heteroatoms. The van der Waals surface area contributed by atoms with E-state index in [0.717, 1.165) is 0 Å². The molecule has 0 heterocycles. The van der Waals surface area contributed by atoms with Crippen LogP contribution in [0.4, 0.5) is 0 Å². The third-order valence-corrected chi connectivity index (χ3v) is 2.92. The standard InChI is InChI=1S/C17H24N2O5/c1-11(15(21)19-17(2,3)4)24-14(20)10-18-16(22)12-8-6-7-9-13(12)23-5/h6-9,11H,10H2,1-5H3,(H,18,22)(H,19,21)/t11-/m1/s1. The Hall–Kier alpha value is -2.57. The first-order chi connectivity index (χ1) is 11.1. The first-order valence-corrected chi connectivity index (χ1v) is 7.57. The highest BCUT2D eigenvalue weighted by molar-refractivity contribution is 5.98. The lowest BCUT2D eigenvalue weighted by Crippen LogP contribution is -2.46. The van der Waals surface area contributed by atoms with Crippen LogP contribution in [0.1, 0.15) is 38.1 Å². The minimum Gasteiger partial charge on any atom is -0.496 e. The molecule has 1 rings (SSSR count). The van der Waals surface area contributed by atoms with E-state index in [1.54, 1.807) is 24.3 Å². The van der Waals surface area contributed by atoms with Crippen LogP contribution in [0.5, 0.6) is 5.75 Å². The van der Waals surface area contributed by atoms with E-state index in [9.17, 15) is 14.4 Å². The molecule has 24 heavy (non-hydrogen) atoms. The van der Waals surface area contributed by atoms with Gasteiger partial charge in [-0.3, -0.25) is 14.4 Å². The number of hydrogen-bond donors (Lipinski definition) is 2. The van der Waals surface area contributed by atoms with Crippen LogP contribution in [0.3, 0.4) is 0 Å². The molecule has 1 aromatic carbocycles. The van der Waals surface area contributed by atoms with E-state index < -0.39 is 29.4 Å². The zero-order valence-corrected chi connectivity index (χ0v) is 14.6. The lowest BCUT2D eigenvalue weighted by Gasteiger charge is -2.23. The van der Waals surface area contributed by atoms with Gasteiger partial charge >= 0.3 is 5.97 Å². The summed E-state index contributed by atoms with van der Waals surface area (Å²) in [5.41, 5.74) is -0.109. The predicted molar refractivity (Wildman–Crippen MR) is 88.8 cm³/mol. The second kappa shape index (κ2) is 8.33. The number of ether oxygens (including phenoxy) is 2. The molecule has 0 fully saturated rings. The van der Waals surface area contributed by atoms with Gasteiger partial charge in [-0.2, -0.15) is 0 Å². The Morgan fingerprint density at radius 2 is 1.79 bits per heavy atom. The fourth-order valence-corrected chi connectivity index (χ4v) is 1.84. The fraction of sp³-hybridized carbons (Fsp3) is 0.471. The van der Waals surface area contributed by atoms with Crippen molar-refractivity contribution in [2.45, 2.75) is 39.3 Å². The molecule has 0 spiro atoms. The Balaban J connectivity index is 2.51. The van der Waals surface area contributed by atoms with E-state index in [0.29, 0.717) is 11.3 Å². The lowest BCUT2D eigenvalue weighted by atomic mass is 10.1. The van der Waals surface area contributed by atoms with Crippen molar-refractivity contribution in [2.24, 2.45) is 0 Å². The van der Waals surface area contributed by atoms with E-state index in [1.165, 1.54) is 14.0 Å². The maximum atomic E-state index is 12.1. The summed E-state index contributed by atoms with van der Waals surface area (Å²) in [4.78, 5) is 35.7. The fourth-order valence-electron chi connectivity index (χ4n) is 1.84. The average Bonchev–Trinajstić information content (AvgIpc) is 2.50. The highest BCUT2D eigenvalue weighted by Crippen LogP contribution is 2.16. The van der Waals surface area contributed by atoms with Gasteiger partial charge in [0, 0.05) is 5.54 Å². The average molecular weight is 336 g/mol. The van der Waals surface area contributed by atoms with Crippen molar-refractivity contribution in [3.05, 3.63) is 29.8 Å². The molecular formula is C17H24N2O5. The summed E-state index contributed by atoms with van der Waals surface area (Å²) < 4.78 is 10.1. The molecule has 0 saturated heterocycles. The number of carbonyl (C=O) groups is 3. The quantitative estimate of drug-likeness (QED) is 0.763. The minimum atomic E-state index is -0.945. The third-order valence-electron chi connectivity index (χ3n) is 2.92. The van der Waals surface area contributed by atoms with Gasteiger partial charge in [0.1, 0.15) is 12.3 Å². The molecule has 0 aliphatic carbocycles. The van der Waals surface area contributed by atoms with Crippen molar-refractivity contribution in [2.75, 3.05) is 13.7 Å². The van der Waals surface area contributed by atoms with Gasteiger partial charge in [0.05, 0.1) is 12.7 Å². The van der Waals surface area contributed by atoms with Gasteiger partial charge in [0.15, 0.2) is 6.10 Å². The Labute approximate surface area is 141 Å². The van der Waals surface area contributed by atoms with Crippen LogP contribution < -0.4 is 15.4 Å². The van der Waals surface area contributed by atoms with Gasteiger partial charge in [0.25, 0.3) is 11.8 Å². The van der Waals surface area contributed by atoms with E-state index in [4.69, 9.17) is 9.47 Å². The molecular weight excluding hydrogens is 312 g/mol. The maximum absolute atomic E-state index is 12.1. The van der Waals surface area contributed by atoms with Gasteiger partial charge in [-0.05, 0) is 39.8 Å².